The van der Waals surface area contributed by atoms with Crippen LogP contribution in [0.1, 0.15) is 43.2 Å². The molecule has 94 valence electrons. The zero-order valence-corrected chi connectivity index (χ0v) is 10.8. The largest absolute Gasteiger partial charge is 0.271 e. The van der Waals surface area contributed by atoms with E-state index < -0.39 is 0 Å². The molecule has 1 aromatic carbocycles. The van der Waals surface area contributed by atoms with Crippen molar-refractivity contribution in [2.45, 2.75) is 51.5 Å². The molecule has 2 heteroatoms. The molecule has 1 fully saturated rings. The summed E-state index contributed by atoms with van der Waals surface area (Å²) >= 11 is 0. The molecule has 1 aliphatic carbocycles. The lowest BCUT2D eigenvalue weighted by atomic mass is 10.0. The van der Waals surface area contributed by atoms with E-state index in [4.69, 9.17) is 5.84 Å². The van der Waals surface area contributed by atoms with Crippen molar-refractivity contribution in [3.63, 3.8) is 0 Å². The van der Waals surface area contributed by atoms with Crippen LogP contribution in [-0.2, 0) is 6.42 Å². The zero-order valence-electron chi connectivity index (χ0n) is 10.8. The molecular weight excluding hydrogens is 208 g/mol. The van der Waals surface area contributed by atoms with E-state index in [9.17, 15) is 0 Å². The van der Waals surface area contributed by atoms with Crippen LogP contribution in [0.15, 0.2) is 24.3 Å². The average Bonchev–Trinajstić information content (AvgIpc) is 3.15. The highest BCUT2D eigenvalue weighted by Gasteiger charge is 2.22. The van der Waals surface area contributed by atoms with Crippen LogP contribution in [0.5, 0.6) is 0 Å². The van der Waals surface area contributed by atoms with Crippen LogP contribution in [0, 0.1) is 12.8 Å². The first-order valence-electron chi connectivity index (χ1n) is 6.79. The molecule has 1 aliphatic rings. The number of rotatable bonds is 7. The molecule has 0 radical (unpaired) electrons. The van der Waals surface area contributed by atoms with Crippen molar-refractivity contribution in [1.29, 1.82) is 0 Å². The van der Waals surface area contributed by atoms with Gasteiger partial charge in [-0.3, -0.25) is 11.3 Å². The van der Waals surface area contributed by atoms with Crippen molar-refractivity contribution in [2.24, 2.45) is 11.8 Å². The Hall–Kier alpha value is -0.860. The molecule has 0 heterocycles. The van der Waals surface area contributed by atoms with Crippen molar-refractivity contribution in [3.05, 3.63) is 35.4 Å². The van der Waals surface area contributed by atoms with Crippen LogP contribution in [0.4, 0.5) is 0 Å². The summed E-state index contributed by atoms with van der Waals surface area (Å²) in [4.78, 5) is 0. The second-order valence-corrected chi connectivity index (χ2v) is 5.41. The molecule has 2 rings (SSSR count). The standard InChI is InChI=1S/C15H24N2/c1-12-2-4-13(5-3-12)8-10-15(17-16)11-9-14-6-7-14/h2-5,14-15,17H,6-11,16H2,1H3. The van der Waals surface area contributed by atoms with Gasteiger partial charge in [0.1, 0.15) is 0 Å². The molecule has 0 amide bonds. The number of nitrogens with two attached hydrogens (primary N) is 1. The summed E-state index contributed by atoms with van der Waals surface area (Å²) in [5, 5.41) is 0. The fourth-order valence-electron chi connectivity index (χ4n) is 2.25. The number of hydrazine groups is 1. The van der Waals surface area contributed by atoms with Crippen molar-refractivity contribution in [1.82, 2.24) is 5.43 Å². The molecule has 3 N–H and O–H groups in total. The molecular formula is C15H24N2. The van der Waals surface area contributed by atoms with E-state index in [1.807, 2.05) is 0 Å². The van der Waals surface area contributed by atoms with Gasteiger partial charge in [-0.1, -0.05) is 42.7 Å². The van der Waals surface area contributed by atoms with Crippen molar-refractivity contribution >= 4 is 0 Å². The van der Waals surface area contributed by atoms with Crippen molar-refractivity contribution in [2.75, 3.05) is 0 Å². The van der Waals surface area contributed by atoms with Crippen molar-refractivity contribution in [3.8, 4) is 0 Å². The highest BCUT2D eigenvalue weighted by molar-refractivity contribution is 5.21. The van der Waals surface area contributed by atoms with E-state index in [-0.39, 0.29) is 0 Å². The number of benzene rings is 1. The monoisotopic (exact) mass is 232 g/mol. The Labute approximate surface area is 105 Å². The van der Waals surface area contributed by atoms with Gasteiger partial charge in [0.2, 0.25) is 0 Å². The predicted molar refractivity (Wildman–Crippen MR) is 72.6 cm³/mol. The first-order valence-corrected chi connectivity index (χ1v) is 6.79. The maximum atomic E-state index is 5.62. The zero-order chi connectivity index (χ0) is 12.1. The Morgan fingerprint density at radius 1 is 1.24 bits per heavy atom. The Kier molecular flexibility index (Phi) is 4.57. The predicted octanol–water partition coefficient (Wildman–Crippen LogP) is 2.95. The number of nitrogens with one attached hydrogen (secondary N) is 1. The van der Waals surface area contributed by atoms with Crippen LogP contribution in [0.3, 0.4) is 0 Å². The first kappa shape index (κ1) is 12.6. The van der Waals surface area contributed by atoms with Gasteiger partial charge in [0.15, 0.2) is 0 Å². The number of hydrogen-bond acceptors (Lipinski definition) is 2. The molecule has 1 saturated carbocycles. The summed E-state index contributed by atoms with van der Waals surface area (Å²) in [6.07, 6.45) is 7.73. The fourth-order valence-corrected chi connectivity index (χ4v) is 2.25. The molecule has 0 aliphatic heterocycles. The number of hydrogen-bond donors (Lipinski definition) is 2. The van der Waals surface area contributed by atoms with E-state index in [1.165, 1.54) is 36.8 Å². The topological polar surface area (TPSA) is 38.0 Å². The Balaban J connectivity index is 1.72. The number of aryl methyl sites for hydroxylation is 2. The van der Waals surface area contributed by atoms with E-state index in [0.717, 1.165) is 18.8 Å². The van der Waals surface area contributed by atoms with Crippen LogP contribution < -0.4 is 11.3 Å². The van der Waals surface area contributed by atoms with E-state index in [0.29, 0.717) is 6.04 Å². The summed E-state index contributed by atoms with van der Waals surface area (Å²) in [5.74, 6) is 6.62. The van der Waals surface area contributed by atoms with Gasteiger partial charge in [0.05, 0.1) is 0 Å². The summed E-state index contributed by atoms with van der Waals surface area (Å²) < 4.78 is 0. The Morgan fingerprint density at radius 3 is 2.53 bits per heavy atom. The lowest BCUT2D eigenvalue weighted by Gasteiger charge is -2.15. The summed E-state index contributed by atoms with van der Waals surface area (Å²) in [6.45, 7) is 2.13. The summed E-state index contributed by atoms with van der Waals surface area (Å²) in [7, 11) is 0. The summed E-state index contributed by atoms with van der Waals surface area (Å²) in [5.41, 5.74) is 5.72. The quantitative estimate of drug-likeness (QED) is 0.560. The summed E-state index contributed by atoms with van der Waals surface area (Å²) in [6, 6.07) is 9.31. The smallest absolute Gasteiger partial charge is 0.0213 e. The van der Waals surface area contributed by atoms with Crippen LogP contribution >= 0.6 is 0 Å². The SMILES string of the molecule is Cc1ccc(CCC(CCC2CC2)NN)cc1. The minimum Gasteiger partial charge on any atom is -0.271 e. The first-order chi connectivity index (χ1) is 8.28. The van der Waals surface area contributed by atoms with E-state index in [2.05, 4.69) is 36.6 Å². The molecule has 17 heavy (non-hydrogen) atoms. The third kappa shape index (κ3) is 4.49. The third-order valence-corrected chi connectivity index (χ3v) is 3.76. The Bertz CT molecular complexity index is 327. The van der Waals surface area contributed by atoms with E-state index in [1.54, 1.807) is 0 Å². The molecule has 0 bridgehead atoms. The van der Waals surface area contributed by atoms with Gasteiger partial charge in [0, 0.05) is 6.04 Å². The van der Waals surface area contributed by atoms with Gasteiger partial charge in [-0.25, -0.2) is 0 Å². The van der Waals surface area contributed by atoms with Gasteiger partial charge in [-0.05, 0) is 44.1 Å². The molecule has 1 unspecified atom stereocenters. The third-order valence-electron chi connectivity index (χ3n) is 3.76. The normalized spacial score (nSPS) is 17.1. The highest BCUT2D eigenvalue weighted by Crippen LogP contribution is 2.34. The molecule has 0 spiro atoms. The lowest BCUT2D eigenvalue weighted by Crippen LogP contribution is -2.35. The van der Waals surface area contributed by atoms with Crippen LogP contribution in [0.2, 0.25) is 0 Å². The molecule has 1 aromatic rings. The van der Waals surface area contributed by atoms with Gasteiger partial charge in [-0.2, -0.15) is 0 Å². The van der Waals surface area contributed by atoms with Gasteiger partial charge in [0.25, 0.3) is 0 Å². The second-order valence-electron chi connectivity index (χ2n) is 5.41. The minimum absolute atomic E-state index is 0.483. The maximum absolute atomic E-state index is 5.62. The average molecular weight is 232 g/mol. The van der Waals surface area contributed by atoms with Crippen LogP contribution in [0.25, 0.3) is 0 Å². The van der Waals surface area contributed by atoms with E-state index >= 15 is 0 Å². The lowest BCUT2D eigenvalue weighted by molar-refractivity contribution is 0.440. The van der Waals surface area contributed by atoms with Gasteiger partial charge < -0.3 is 0 Å². The molecule has 0 aromatic heterocycles. The fraction of sp³-hybridized carbons (Fsp3) is 0.600. The Morgan fingerprint density at radius 2 is 1.94 bits per heavy atom. The second kappa shape index (κ2) is 6.18. The maximum Gasteiger partial charge on any atom is 0.0213 e. The molecule has 2 nitrogen and oxygen atoms in total. The highest BCUT2D eigenvalue weighted by atomic mass is 15.2. The minimum atomic E-state index is 0.483. The molecule has 1 atom stereocenters. The van der Waals surface area contributed by atoms with Gasteiger partial charge >= 0.3 is 0 Å². The van der Waals surface area contributed by atoms with Gasteiger partial charge in [-0.15, -0.1) is 0 Å². The molecule has 0 saturated heterocycles. The van der Waals surface area contributed by atoms with Crippen LogP contribution in [-0.4, -0.2) is 6.04 Å². The van der Waals surface area contributed by atoms with Crippen molar-refractivity contribution < 1.29 is 0 Å².